The Hall–Kier alpha value is -1.12. The van der Waals surface area contributed by atoms with Gasteiger partial charge in [-0.2, -0.15) is 13.2 Å². The highest BCUT2D eigenvalue weighted by Gasteiger charge is 2.30. The van der Waals surface area contributed by atoms with Gasteiger partial charge in [0.05, 0.1) is 0 Å². The van der Waals surface area contributed by atoms with Crippen molar-refractivity contribution in [2.45, 2.75) is 44.3 Å². The van der Waals surface area contributed by atoms with Gasteiger partial charge < -0.3 is 15.2 Å². The molecule has 0 fully saturated rings. The van der Waals surface area contributed by atoms with E-state index < -0.39 is 35.0 Å². The number of amides is 1. The smallest absolute Gasteiger partial charge is 0.441 e. The number of nitrogens with one attached hydrogen (secondary N) is 1. The number of rotatable bonds is 5. The maximum Gasteiger partial charge on any atom is 0.441 e. The van der Waals surface area contributed by atoms with E-state index in [0.717, 1.165) is 0 Å². The van der Waals surface area contributed by atoms with E-state index in [2.05, 4.69) is 0 Å². The SMILES string of the molecule is CC(C)(C)OC(=O)N[C@H](CCSC(F)(F)F)C(=O)O. The maximum absolute atomic E-state index is 11.9. The molecule has 0 heterocycles. The van der Waals surface area contributed by atoms with Crippen molar-refractivity contribution >= 4 is 23.8 Å². The second kappa shape index (κ2) is 6.88. The maximum atomic E-state index is 11.9. The number of ether oxygens (including phenoxy) is 1. The van der Waals surface area contributed by atoms with Crippen molar-refractivity contribution in [3.63, 3.8) is 0 Å². The zero-order chi connectivity index (χ0) is 15.3. The number of carbonyl (C=O) groups is 2. The second-order valence-corrected chi connectivity index (χ2v) is 5.78. The third-order valence-corrected chi connectivity index (χ3v) is 2.43. The molecule has 0 aliphatic carbocycles. The molecule has 9 heteroatoms. The normalized spacial score (nSPS) is 13.8. The molecule has 0 radical (unpaired) electrons. The van der Waals surface area contributed by atoms with Crippen molar-refractivity contribution in [2.24, 2.45) is 0 Å². The van der Waals surface area contributed by atoms with Crippen LogP contribution in [-0.2, 0) is 9.53 Å². The number of alkyl carbamates (subject to hydrolysis) is 1. The summed E-state index contributed by atoms with van der Waals surface area (Å²) in [5.74, 6) is -1.87. The minimum atomic E-state index is -4.42. The monoisotopic (exact) mass is 303 g/mol. The largest absolute Gasteiger partial charge is 0.480 e. The van der Waals surface area contributed by atoms with Gasteiger partial charge in [0.1, 0.15) is 11.6 Å². The Kier molecular flexibility index (Phi) is 6.47. The molecule has 0 aliphatic heterocycles. The quantitative estimate of drug-likeness (QED) is 0.816. The van der Waals surface area contributed by atoms with Gasteiger partial charge in [-0.05, 0) is 27.2 Å². The van der Waals surface area contributed by atoms with Gasteiger partial charge in [0, 0.05) is 5.75 Å². The first-order valence-corrected chi connectivity index (χ1v) is 6.32. The first kappa shape index (κ1) is 17.9. The van der Waals surface area contributed by atoms with Crippen LogP contribution < -0.4 is 5.32 Å². The number of carbonyl (C=O) groups excluding carboxylic acids is 1. The summed E-state index contributed by atoms with van der Waals surface area (Å²) in [6.07, 6.45) is -1.32. The van der Waals surface area contributed by atoms with E-state index in [4.69, 9.17) is 9.84 Å². The summed E-state index contributed by atoms with van der Waals surface area (Å²) in [6.45, 7) is 4.76. The predicted octanol–water partition coefficient (Wildman–Crippen LogP) is 2.61. The van der Waals surface area contributed by atoms with Crippen LogP contribution in [0.15, 0.2) is 0 Å². The number of thioether (sulfide) groups is 1. The third kappa shape index (κ3) is 10.5. The molecule has 0 saturated heterocycles. The van der Waals surface area contributed by atoms with E-state index in [-0.39, 0.29) is 18.2 Å². The number of carboxylic acids is 1. The molecular formula is C10H16F3NO4S. The zero-order valence-electron chi connectivity index (χ0n) is 10.7. The van der Waals surface area contributed by atoms with Gasteiger partial charge in [-0.15, -0.1) is 0 Å². The molecule has 0 unspecified atom stereocenters. The van der Waals surface area contributed by atoms with E-state index in [1.807, 2.05) is 5.32 Å². The Labute approximate surface area is 112 Å². The fourth-order valence-electron chi connectivity index (χ4n) is 1.000. The minimum Gasteiger partial charge on any atom is -0.480 e. The average molecular weight is 303 g/mol. The summed E-state index contributed by atoms with van der Waals surface area (Å²) in [7, 11) is 0. The molecule has 0 bridgehead atoms. The lowest BCUT2D eigenvalue weighted by atomic mass is 10.2. The summed E-state index contributed by atoms with van der Waals surface area (Å²) < 4.78 is 40.5. The molecule has 0 rings (SSSR count). The zero-order valence-corrected chi connectivity index (χ0v) is 11.5. The number of hydrogen-bond acceptors (Lipinski definition) is 4. The van der Waals surface area contributed by atoms with Crippen molar-refractivity contribution in [3.8, 4) is 0 Å². The second-order valence-electron chi connectivity index (χ2n) is 4.62. The number of carboxylic acid groups (broad SMARTS) is 1. The lowest BCUT2D eigenvalue weighted by Gasteiger charge is -2.22. The van der Waals surface area contributed by atoms with E-state index in [9.17, 15) is 22.8 Å². The Balaban J connectivity index is 4.28. The molecule has 0 saturated carbocycles. The summed E-state index contributed by atoms with van der Waals surface area (Å²) in [5.41, 5.74) is -5.23. The molecular weight excluding hydrogens is 287 g/mol. The first-order valence-electron chi connectivity index (χ1n) is 5.34. The molecule has 0 spiro atoms. The molecule has 19 heavy (non-hydrogen) atoms. The lowest BCUT2D eigenvalue weighted by molar-refractivity contribution is -0.139. The molecule has 1 amide bonds. The summed E-state index contributed by atoms with van der Waals surface area (Å²) in [4.78, 5) is 22.1. The summed E-state index contributed by atoms with van der Waals surface area (Å²) in [5, 5.41) is 10.8. The molecule has 112 valence electrons. The van der Waals surface area contributed by atoms with E-state index >= 15 is 0 Å². The molecule has 0 aromatic heterocycles. The van der Waals surface area contributed by atoms with Crippen LogP contribution in [0.5, 0.6) is 0 Å². The number of hydrogen-bond donors (Lipinski definition) is 2. The fourth-order valence-corrected chi connectivity index (χ4v) is 1.58. The van der Waals surface area contributed by atoms with Crippen LogP contribution >= 0.6 is 11.8 Å². The fraction of sp³-hybridized carbons (Fsp3) is 0.800. The third-order valence-electron chi connectivity index (χ3n) is 1.66. The van der Waals surface area contributed by atoms with Crippen LogP contribution in [-0.4, -0.2) is 40.1 Å². The van der Waals surface area contributed by atoms with E-state index in [1.54, 1.807) is 20.8 Å². The van der Waals surface area contributed by atoms with Gasteiger partial charge >= 0.3 is 17.6 Å². The van der Waals surface area contributed by atoms with Gasteiger partial charge in [-0.3, -0.25) is 0 Å². The van der Waals surface area contributed by atoms with Crippen LogP contribution in [0.4, 0.5) is 18.0 Å². The molecule has 2 N–H and O–H groups in total. The van der Waals surface area contributed by atoms with E-state index in [0.29, 0.717) is 0 Å². The van der Waals surface area contributed by atoms with Gasteiger partial charge in [0.25, 0.3) is 0 Å². The molecule has 5 nitrogen and oxygen atoms in total. The summed E-state index contributed by atoms with van der Waals surface area (Å²) in [6, 6.07) is -1.41. The van der Waals surface area contributed by atoms with Gasteiger partial charge in [-0.25, -0.2) is 9.59 Å². The van der Waals surface area contributed by atoms with Crippen LogP contribution in [0.25, 0.3) is 0 Å². The number of alkyl halides is 3. The number of halogens is 3. The topological polar surface area (TPSA) is 75.6 Å². The highest BCUT2D eigenvalue weighted by molar-refractivity contribution is 8.00. The van der Waals surface area contributed by atoms with Gasteiger partial charge in [0.15, 0.2) is 0 Å². The Bertz CT molecular complexity index is 328. The van der Waals surface area contributed by atoms with Crippen molar-refractivity contribution in [2.75, 3.05) is 5.75 Å². The summed E-state index contributed by atoms with van der Waals surface area (Å²) >= 11 is -0.336. The van der Waals surface area contributed by atoms with Crippen molar-refractivity contribution in [3.05, 3.63) is 0 Å². The lowest BCUT2D eigenvalue weighted by Crippen LogP contribution is -2.43. The molecule has 0 aromatic carbocycles. The Morgan fingerprint density at radius 3 is 2.21 bits per heavy atom. The van der Waals surface area contributed by atoms with Crippen LogP contribution in [0, 0.1) is 0 Å². The van der Waals surface area contributed by atoms with Gasteiger partial charge in [-0.1, -0.05) is 11.8 Å². The van der Waals surface area contributed by atoms with Crippen molar-refractivity contribution in [1.29, 1.82) is 0 Å². The standard InChI is InChI=1S/C10H16F3NO4S/c1-9(2,3)18-8(17)14-6(7(15)16)4-5-19-10(11,12)13/h6H,4-5H2,1-3H3,(H,14,17)(H,15,16)/t6-/m1/s1. The Morgan fingerprint density at radius 2 is 1.84 bits per heavy atom. The van der Waals surface area contributed by atoms with Crippen molar-refractivity contribution < 1.29 is 32.6 Å². The number of aliphatic carboxylic acids is 1. The van der Waals surface area contributed by atoms with Crippen LogP contribution in [0.1, 0.15) is 27.2 Å². The molecule has 1 atom stereocenters. The first-order chi connectivity index (χ1) is 8.41. The van der Waals surface area contributed by atoms with E-state index in [1.165, 1.54) is 0 Å². The average Bonchev–Trinajstić information content (AvgIpc) is 2.10. The Morgan fingerprint density at radius 1 is 1.32 bits per heavy atom. The minimum absolute atomic E-state index is 0.336. The highest BCUT2D eigenvalue weighted by Crippen LogP contribution is 2.30. The molecule has 0 aromatic rings. The predicted molar refractivity (Wildman–Crippen MR) is 63.9 cm³/mol. The van der Waals surface area contributed by atoms with Crippen LogP contribution in [0.2, 0.25) is 0 Å². The van der Waals surface area contributed by atoms with Crippen molar-refractivity contribution in [1.82, 2.24) is 5.32 Å². The highest BCUT2D eigenvalue weighted by atomic mass is 32.2. The van der Waals surface area contributed by atoms with Crippen LogP contribution in [0.3, 0.4) is 0 Å². The molecule has 0 aliphatic rings. The van der Waals surface area contributed by atoms with Gasteiger partial charge in [0.2, 0.25) is 0 Å².